The number of nitrogens with zero attached hydrogens (tertiary/aromatic N) is 3. The largest absolute Gasteiger partial charge is 0.314 e. The molecule has 1 heterocycles. The van der Waals surface area contributed by atoms with Crippen molar-refractivity contribution in [3.8, 4) is 11.3 Å². The number of rotatable bonds is 4. The molecule has 5 nitrogen and oxygen atoms in total. The third-order valence-electron chi connectivity index (χ3n) is 5.07. The van der Waals surface area contributed by atoms with Crippen molar-refractivity contribution in [2.75, 3.05) is 11.9 Å². The second-order valence-electron chi connectivity index (χ2n) is 7.21. The summed E-state index contributed by atoms with van der Waals surface area (Å²) in [5.74, 6) is -0.197. The molecule has 0 aliphatic heterocycles. The van der Waals surface area contributed by atoms with Crippen LogP contribution in [0.2, 0.25) is 0 Å². The van der Waals surface area contributed by atoms with Crippen molar-refractivity contribution in [3.05, 3.63) is 81.6 Å². The highest BCUT2D eigenvalue weighted by Gasteiger charge is 2.22. The highest BCUT2D eigenvalue weighted by atomic mass is 16.2. The van der Waals surface area contributed by atoms with Crippen molar-refractivity contribution < 1.29 is 4.79 Å². The fraction of sp³-hybridized carbons (Fsp3) is 0.261. The van der Waals surface area contributed by atoms with Crippen molar-refractivity contribution in [2.45, 2.75) is 33.7 Å². The van der Waals surface area contributed by atoms with E-state index in [9.17, 15) is 9.59 Å². The van der Waals surface area contributed by atoms with Crippen LogP contribution in [0.1, 0.15) is 29.7 Å². The Bertz CT molecular complexity index is 1090. The molecule has 144 valence electrons. The lowest BCUT2D eigenvalue weighted by Gasteiger charge is -2.22. The molecule has 28 heavy (non-hydrogen) atoms. The van der Waals surface area contributed by atoms with Gasteiger partial charge in [-0.1, -0.05) is 24.3 Å². The van der Waals surface area contributed by atoms with Crippen molar-refractivity contribution in [1.82, 2.24) is 9.78 Å². The third-order valence-corrected chi connectivity index (χ3v) is 5.07. The maximum atomic E-state index is 13.0. The van der Waals surface area contributed by atoms with Crippen LogP contribution in [-0.4, -0.2) is 22.7 Å². The Balaban J connectivity index is 1.94. The van der Waals surface area contributed by atoms with E-state index in [2.05, 4.69) is 12.0 Å². The minimum absolute atomic E-state index is 0.197. The summed E-state index contributed by atoms with van der Waals surface area (Å²) < 4.78 is 1.26. The number of aromatic nitrogens is 2. The van der Waals surface area contributed by atoms with Gasteiger partial charge in [-0.2, -0.15) is 5.10 Å². The Hall–Kier alpha value is -3.21. The number of aryl methyl sites for hydroxylation is 3. The van der Waals surface area contributed by atoms with Gasteiger partial charge in [0, 0.05) is 24.4 Å². The molecule has 0 saturated carbocycles. The van der Waals surface area contributed by atoms with E-state index >= 15 is 0 Å². The number of hydrogen-bond donors (Lipinski definition) is 0. The molecule has 3 rings (SSSR count). The zero-order valence-corrected chi connectivity index (χ0v) is 16.9. The van der Waals surface area contributed by atoms with E-state index in [0.29, 0.717) is 5.69 Å². The van der Waals surface area contributed by atoms with E-state index in [1.807, 2.05) is 56.3 Å². The summed E-state index contributed by atoms with van der Waals surface area (Å²) in [5.41, 5.74) is 5.49. The van der Waals surface area contributed by atoms with Crippen LogP contribution in [-0.2, 0) is 4.79 Å². The van der Waals surface area contributed by atoms with Gasteiger partial charge in [0.15, 0.2) is 0 Å². The van der Waals surface area contributed by atoms with Crippen LogP contribution in [0.5, 0.6) is 0 Å². The van der Waals surface area contributed by atoms with Crippen LogP contribution in [0.3, 0.4) is 0 Å². The molecule has 5 heteroatoms. The Kier molecular flexibility index (Phi) is 5.45. The van der Waals surface area contributed by atoms with Crippen LogP contribution in [0, 0.1) is 20.8 Å². The fourth-order valence-electron chi connectivity index (χ4n) is 3.11. The summed E-state index contributed by atoms with van der Waals surface area (Å²) >= 11 is 0. The van der Waals surface area contributed by atoms with E-state index in [1.54, 1.807) is 24.9 Å². The molecular weight excluding hydrogens is 350 g/mol. The number of anilines is 1. The third kappa shape index (κ3) is 3.88. The maximum Gasteiger partial charge on any atom is 0.267 e. The molecular formula is C23H25N3O2. The van der Waals surface area contributed by atoms with Gasteiger partial charge in [0.1, 0.15) is 6.04 Å². The highest BCUT2D eigenvalue weighted by molar-refractivity contribution is 5.95. The number of carbonyl (C=O) groups excluding carboxylic acids is 1. The lowest BCUT2D eigenvalue weighted by Crippen LogP contribution is -2.38. The highest BCUT2D eigenvalue weighted by Crippen LogP contribution is 2.21. The molecule has 2 aromatic carbocycles. The molecule has 0 unspecified atom stereocenters. The molecule has 0 saturated heterocycles. The molecule has 0 fully saturated rings. The second-order valence-corrected chi connectivity index (χ2v) is 7.21. The van der Waals surface area contributed by atoms with Crippen LogP contribution < -0.4 is 10.5 Å². The molecule has 0 N–H and O–H groups in total. The van der Waals surface area contributed by atoms with E-state index in [-0.39, 0.29) is 11.5 Å². The van der Waals surface area contributed by atoms with E-state index in [4.69, 9.17) is 0 Å². The predicted molar refractivity (Wildman–Crippen MR) is 113 cm³/mol. The lowest BCUT2D eigenvalue weighted by molar-refractivity contribution is -0.121. The first-order chi connectivity index (χ1) is 13.3. The molecule has 0 aliphatic rings. The number of carbonyl (C=O) groups is 1. The number of likely N-dealkylation sites (N-methyl/N-ethyl adjacent to an activating group) is 1. The van der Waals surface area contributed by atoms with Gasteiger partial charge >= 0.3 is 0 Å². The molecule has 0 radical (unpaired) electrons. The standard InChI is InChI=1S/C23H25N3O2/c1-15-7-6-8-20(13-15)25(5)23(28)18(4)26-22(27)12-11-21(24-26)19-10-9-16(2)17(3)14-19/h6-14,18H,1-5H3/t18-/m1/s1. The SMILES string of the molecule is Cc1cccc(N(C)C(=O)[C@@H](C)n2nc(-c3ccc(C)c(C)c3)ccc2=O)c1. The average molecular weight is 375 g/mol. The van der Waals surface area contributed by atoms with Crippen molar-refractivity contribution in [2.24, 2.45) is 0 Å². The fourth-order valence-corrected chi connectivity index (χ4v) is 3.11. The van der Waals surface area contributed by atoms with Gasteiger partial charge in [-0.05, 0) is 68.7 Å². The van der Waals surface area contributed by atoms with Gasteiger partial charge in [-0.15, -0.1) is 0 Å². The lowest BCUT2D eigenvalue weighted by atomic mass is 10.0. The minimum Gasteiger partial charge on any atom is -0.314 e. The summed E-state index contributed by atoms with van der Waals surface area (Å²) in [7, 11) is 1.71. The second kappa shape index (κ2) is 7.80. The smallest absolute Gasteiger partial charge is 0.267 e. The molecule has 0 bridgehead atoms. The monoisotopic (exact) mass is 375 g/mol. The predicted octanol–water partition coefficient (Wildman–Crippen LogP) is 4.06. The Labute approximate surface area is 165 Å². The van der Waals surface area contributed by atoms with Gasteiger partial charge in [0.05, 0.1) is 5.69 Å². The van der Waals surface area contributed by atoms with Crippen molar-refractivity contribution in [3.63, 3.8) is 0 Å². The number of benzene rings is 2. The van der Waals surface area contributed by atoms with E-state index in [1.165, 1.54) is 16.3 Å². The van der Waals surface area contributed by atoms with Gasteiger partial charge in [0.2, 0.25) is 0 Å². The summed E-state index contributed by atoms with van der Waals surface area (Å²) in [6, 6.07) is 16.2. The topological polar surface area (TPSA) is 55.2 Å². The van der Waals surface area contributed by atoms with Gasteiger partial charge in [-0.25, -0.2) is 4.68 Å². The summed E-state index contributed by atoms with van der Waals surface area (Å²) in [6.07, 6.45) is 0. The van der Waals surface area contributed by atoms with Crippen LogP contribution in [0.25, 0.3) is 11.3 Å². The van der Waals surface area contributed by atoms with Crippen LogP contribution >= 0.6 is 0 Å². The average Bonchev–Trinajstić information content (AvgIpc) is 2.69. The molecule has 1 aromatic heterocycles. The first-order valence-corrected chi connectivity index (χ1v) is 9.29. The van der Waals surface area contributed by atoms with E-state index < -0.39 is 6.04 Å². The molecule has 3 aromatic rings. The van der Waals surface area contributed by atoms with Gasteiger partial charge in [-0.3, -0.25) is 9.59 Å². The van der Waals surface area contributed by atoms with Crippen LogP contribution in [0.4, 0.5) is 5.69 Å². The molecule has 0 spiro atoms. The zero-order valence-electron chi connectivity index (χ0n) is 16.9. The molecule has 1 amide bonds. The molecule has 1 atom stereocenters. The van der Waals surface area contributed by atoms with Crippen molar-refractivity contribution >= 4 is 11.6 Å². The zero-order chi connectivity index (χ0) is 20.4. The van der Waals surface area contributed by atoms with Crippen molar-refractivity contribution in [1.29, 1.82) is 0 Å². The first-order valence-electron chi connectivity index (χ1n) is 9.29. The minimum atomic E-state index is -0.718. The quantitative estimate of drug-likeness (QED) is 0.691. The summed E-state index contributed by atoms with van der Waals surface area (Å²) in [5, 5.41) is 4.48. The van der Waals surface area contributed by atoms with Crippen LogP contribution in [0.15, 0.2) is 59.4 Å². The number of hydrogen-bond acceptors (Lipinski definition) is 3. The van der Waals surface area contributed by atoms with E-state index in [0.717, 1.165) is 22.4 Å². The van der Waals surface area contributed by atoms with Gasteiger partial charge in [0.25, 0.3) is 11.5 Å². The maximum absolute atomic E-state index is 13.0. The number of amides is 1. The first kappa shape index (κ1) is 19.5. The van der Waals surface area contributed by atoms with Gasteiger partial charge < -0.3 is 4.90 Å². The Morgan fingerprint density at radius 2 is 1.75 bits per heavy atom. The normalized spacial score (nSPS) is 11.9. The summed E-state index contributed by atoms with van der Waals surface area (Å²) in [4.78, 5) is 27.0. The Morgan fingerprint density at radius 1 is 1.00 bits per heavy atom. The Morgan fingerprint density at radius 3 is 2.43 bits per heavy atom. The summed E-state index contributed by atoms with van der Waals surface area (Å²) in [6.45, 7) is 7.77. The molecule has 0 aliphatic carbocycles.